The molecule has 0 bridgehead atoms. The van der Waals surface area contributed by atoms with Crippen LogP contribution in [-0.4, -0.2) is 5.60 Å². The van der Waals surface area contributed by atoms with Crippen LogP contribution in [-0.2, 0) is 0 Å². The van der Waals surface area contributed by atoms with Gasteiger partial charge in [-0.15, -0.1) is 0 Å². The second-order valence-corrected chi connectivity index (χ2v) is 4.76. The molecule has 3 heteroatoms. The number of hydrogen-bond acceptors (Lipinski definition) is 2. The van der Waals surface area contributed by atoms with E-state index in [-0.39, 0.29) is 5.60 Å². The van der Waals surface area contributed by atoms with Gasteiger partial charge >= 0.3 is 0 Å². The lowest BCUT2D eigenvalue weighted by Crippen LogP contribution is -2.26. The van der Waals surface area contributed by atoms with Gasteiger partial charge in [0.05, 0.1) is 4.47 Å². The second-order valence-electron chi connectivity index (χ2n) is 3.91. The van der Waals surface area contributed by atoms with Crippen LogP contribution in [0.5, 0.6) is 5.75 Å². The van der Waals surface area contributed by atoms with Gasteiger partial charge < -0.3 is 10.5 Å². The highest BCUT2D eigenvalue weighted by atomic mass is 79.9. The van der Waals surface area contributed by atoms with Gasteiger partial charge in [-0.05, 0) is 54.4 Å². The summed E-state index contributed by atoms with van der Waals surface area (Å²) in [6, 6.07) is 5.57. The molecule has 0 spiro atoms. The third-order valence-corrected chi connectivity index (χ3v) is 2.81. The molecule has 0 amide bonds. The quantitative estimate of drug-likeness (QED) is 0.841. The van der Waals surface area contributed by atoms with Crippen LogP contribution in [0.2, 0.25) is 0 Å². The predicted octanol–water partition coefficient (Wildman–Crippen LogP) is 3.60. The van der Waals surface area contributed by atoms with Crippen LogP contribution in [0.3, 0.4) is 0 Å². The number of benzene rings is 1. The fourth-order valence-corrected chi connectivity index (χ4v) is 1.45. The van der Waals surface area contributed by atoms with Gasteiger partial charge in [0.15, 0.2) is 0 Å². The van der Waals surface area contributed by atoms with Gasteiger partial charge in [-0.25, -0.2) is 0 Å². The Hall–Kier alpha value is -0.700. The van der Waals surface area contributed by atoms with Gasteiger partial charge in [-0.1, -0.05) is 6.92 Å². The SMILES string of the molecule is CCC(C)(C)Oc1ccc(N)cc1Br. The molecule has 0 unspecified atom stereocenters. The van der Waals surface area contributed by atoms with Gasteiger partial charge in [0, 0.05) is 5.69 Å². The fraction of sp³-hybridized carbons (Fsp3) is 0.455. The molecule has 0 aromatic heterocycles. The predicted molar refractivity (Wildman–Crippen MR) is 63.6 cm³/mol. The summed E-state index contributed by atoms with van der Waals surface area (Å²) in [6.45, 7) is 6.23. The molecule has 0 aliphatic rings. The van der Waals surface area contributed by atoms with Crippen LogP contribution in [0.4, 0.5) is 5.69 Å². The van der Waals surface area contributed by atoms with E-state index in [9.17, 15) is 0 Å². The van der Waals surface area contributed by atoms with E-state index in [1.807, 2.05) is 18.2 Å². The summed E-state index contributed by atoms with van der Waals surface area (Å²) < 4.78 is 6.74. The second kappa shape index (κ2) is 4.22. The number of ether oxygens (including phenoxy) is 1. The molecule has 0 saturated carbocycles. The molecule has 78 valence electrons. The Kier molecular flexibility index (Phi) is 3.43. The van der Waals surface area contributed by atoms with Gasteiger partial charge in [-0.2, -0.15) is 0 Å². The minimum absolute atomic E-state index is 0.140. The van der Waals surface area contributed by atoms with E-state index >= 15 is 0 Å². The molecule has 14 heavy (non-hydrogen) atoms. The van der Waals surface area contributed by atoms with Crippen LogP contribution >= 0.6 is 15.9 Å². The number of nitrogens with two attached hydrogens (primary N) is 1. The summed E-state index contributed by atoms with van der Waals surface area (Å²) >= 11 is 3.42. The average molecular weight is 258 g/mol. The van der Waals surface area contributed by atoms with Crippen molar-refractivity contribution in [2.45, 2.75) is 32.8 Å². The molecule has 0 atom stereocenters. The van der Waals surface area contributed by atoms with Gasteiger partial charge in [0.2, 0.25) is 0 Å². The average Bonchev–Trinajstić information content (AvgIpc) is 2.10. The van der Waals surface area contributed by atoms with Crippen molar-refractivity contribution >= 4 is 21.6 Å². The van der Waals surface area contributed by atoms with E-state index in [0.29, 0.717) is 0 Å². The van der Waals surface area contributed by atoms with E-state index in [2.05, 4.69) is 36.7 Å². The topological polar surface area (TPSA) is 35.2 Å². The highest BCUT2D eigenvalue weighted by molar-refractivity contribution is 9.10. The van der Waals surface area contributed by atoms with E-state index < -0.39 is 0 Å². The lowest BCUT2D eigenvalue weighted by molar-refractivity contribution is 0.104. The molecule has 0 heterocycles. The molecule has 2 N–H and O–H groups in total. The highest BCUT2D eigenvalue weighted by Crippen LogP contribution is 2.30. The van der Waals surface area contributed by atoms with Crippen molar-refractivity contribution in [2.75, 3.05) is 5.73 Å². The van der Waals surface area contributed by atoms with Crippen LogP contribution in [0.15, 0.2) is 22.7 Å². The largest absolute Gasteiger partial charge is 0.487 e. The minimum Gasteiger partial charge on any atom is -0.487 e. The maximum atomic E-state index is 5.83. The van der Waals surface area contributed by atoms with Gasteiger partial charge in [-0.3, -0.25) is 0 Å². The van der Waals surface area contributed by atoms with Crippen LogP contribution < -0.4 is 10.5 Å². The Morgan fingerprint density at radius 2 is 2.07 bits per heavy atom. The standard InChI is InChI=1S/C11H16BrNO/c1-4-11(2,3)14-10-6-5-8(13)7-9(10)12/h5-7H,4,13H2,1-3H3. The summed E-state index contributed by atoms with van der Waals surface area (Å²) in [6.07, 6.45) is 0.962. The molecule has 0 radical (unpaired) electrons. The zero-order chi connectivity index (χ0) is 10.8. The van der Waals surface area contributed by atoms with Crippen molar-refractivity contribution in [2.24, 2.45) is 0 Å². The molecular formula is C11H16BrNO. The molecule has 1 aromatic carbocycles. The Morgan fingerprint density at radius 1 is 1.43 bits per heavy atom. The highest BCUT2D eigenvalue weighted by Gasteiger charge is 2.17. The molecule has 2 nitrogen and oxygen atoms in total. The Labute approximate surface area is 93.6 Å². The Balaban J connectivity index is 2.87. The smallest absolute Gasteiger partial charge is 0.134 e. The van der Waals surface area contributed by atoms with Crippen molar-refractivity contribution in [1.82, 2.24) is 0 Å². The third kappa shape index (κ3) is 2.91. The van der Waals surface area contributed by atoms with Crippen molar-refractivity contribution < 1.29 is 4.74 Å². The number of halogens is 1. The first-order chi connectivity index (χ1) is 6.44. The molecule has 1 rings (SSSR count). The zero-order valence-corrected chi connectivity index (χ0v) is 10.4. The zero-order valence-electron chi connectivity index (χ0n) is 8.80. The normalized spacial score (nSPS) is 11.4. The summed E-state index contributed by atoms with van der Waals surface area (Å²) in [7, 11) is 0. The molecular weight excluding hydrogens is 242 g/mol. The number of nitrogen functional groups attached to an aromatic ring is 1. The molecule has 0 aliphatic heterocycles. The molecule has 0 fully saturated rings. The maximum Gasteiger partial charge on any atom is 0.134 e. The maximum absolute atomic E-state index is 5.83. The number of rotatable bonds is 3. The molecule has 0 aliphatic carbocycles. The Morgan fingerprint density at radius 3 is 2.57 bits per heavy atom. The summed E-state index contributed by atoms with van der Waals surface area (Å²) in [4.78, 5) is 0. The first-order valence-electron chi connectivity index (χ1n) is 4.68. The molecule has 1 aromatic rings. The minimum atomic E-state index is -0.140. The van der Waals surface area contributed by atoms with Crippen molar-refractivity contribution in [3.63, 3.8) is 0 Å². The lowest BCUT2D eigenvalue weighted by Gasteiger charge is -2.25. The number of hydrogen-bond donors (Lipinski definition) is 1. The van der Waals surface area contributed by atoms with E-state index in [4.69, 9.17) is 10.5 Å². The van der Waals surface area contributed by atoms with Gasteiger partial charge in [0.25, 0.3) is 0 Å². The summed E-state index contributed by atoms with van der Waals surface area (Å²) in [5.74, 6) is 0.839. The first kappa shape index (κ1) is 11.4. The lowest BCUT2D eigenvalue weighted by atomic mass is 10.1. The number of anilines is 1. The van der Waals surface area contributed by atoms with Crippen LogP contribution in [0.25, 0.3) is 0 Å². The van der Waals surface area contributed by atoms with Crippen molar-refractivity contribution in [1.29, 1.82) is 0 Å². The van der Waals surface area contributed by atoms with E-state index in [1.54, 1.807) is 0 Å². The van der Waals surface area contributed by atoms with Crippen LogP contribution in [0.1, 0.15) is 27.2 Å². The van der Waals surface area contributed by atoms with Gasteiger partial charge in [0.1, 0.15) is 11.4 Å². The third-order valence-electron chi connectivity index (χ3n) is 2.19. The fourth-order valence-electron chi connectivity index (χ4n) is 0.970. The monoisotopic (exact) mass is 257 g/mol. The van der Waals surface area contributed by atoms with Crippen molar-refractivity contribution in [3.05, 3.63) is 22.7 Å². The summed E-state index contributed by atoms with van der Waals surface area (Å²) in [5.41, 5.74) is 6.23. The summed E-state index contributed by atoms with van der Waals surface area (Å²) in [5, 5.41) is 0. The van der Waals surface area contributed by atoms with Crippen LogP contribution in [0, 0.1) is 0 Å². The molecule has 0 saturated heterocycles. The first-order valence-corrected chi connectivity index (χ1v) is 5.48. The van der Waals surface area contributed by atoms with E-state index in [0.717, 1.165) is 22.3 Å². The van der Waals surface area contributed by atoms with E-state index in [1.165, 1.54) is 0 Å². The van der Waals surface area contributed by atoms with Crippen molar-refractivity contribution in [3.8, 4) is 5.75 Å². The Bertz CT molecular complexity index is 323.